The van der Waals surface area contributed by atoms with Gasteiger partial charge in [0.05, 0.1) is 23.7 Å². The zero-order valence-electron chi connectivity index (χ0n) is 18.1. The lowest BCUT2D eigenvalue weighted by molar-refractivity contribution is -0.137. The van der Waals surface area contributed by atoms with Gasteiger partial charge in [-0.3, -0.25) is 4.79 Å². The monoisotopic (exact) mass is 494 g/mol. The first-order valence-corrected chi connectivity index (χ1v) is 11.8. The highest BCUT2D eigenvalue weighted by molar-refractivity contribution is 7.89. The van der Waals surface area contributed by atoms with Crippen LogP contribution in [0.25, 0.3) is 11.3 Å². The predicted octanol–water partition coefficient (Wildman–Crippen LogP) is 4.55. The Kier molecular flexibility index (Phi) is 6.52. The second-order valence-corrected chi connectivity index (χ2v) is 9.63. The number of nitrogens with zero attached hydrogens (tertiary/aromatic N) is 1. The fraction of sp³-hybridized carbons (Fsp3) is 0.261. The molecule has 2 heterocycles. The molecule has 4 rings (SSSR count). The van der Waals surface area contributed by atoms with E-state index in [1.807, 2.05) is 0 Å². The predicted molar refractivity (Wildman–Crippen MR) is 118 cm³/mol. The first-order chi connectivity index (χ1) is 16.1. The molecule has 0 atom stereocenters. The first-order valence-electron chi connectivity index (χ1n) is 10.3. The van der Waals surface area contributed by atoms with Crippen LogP contribution in [0.5, 0.6) is 0 Å². The summed E-state index contributed by atoms with van der Waals surface area (Å²) in [5, 5.41) is 2.62. The SMILES string of the molecule is Cc1ccc(S(=O)(=O)N2CCOCC2)cc1NC(=O)c1ccc(-c2cccc(C(F)(F)F)c2)o1. The van der Waals surface area contributed by atoms with Crippen LogP contribution < -0.4 is 5.32 Å². The van der Waals surface area contributed by atoms with Crippen LogP contribution in [0.15, 0.2) is 63.9 Å². The summed E-state index contributed by atoms with van der Waals surface area (Å²) in [7, 11) is -3.76. The number of hydrogen-bond donors (Lipinski definition) is 1. The Morgan fingerprint density at radius 2 is 1.76 bits per heavy atom. The number of amides is 1. The topological polar surface area (TPSA) is 88.9 Å². The highest BCUT2D eigenvalue weighted by atomic mass is 32.2. The lowest BCUT2D eigenvalue weighted by Crippen LogP contribution is -2.40. The molecule has 11 heteroatoms. The lowest BCUT2D eigenvalue weighted by Gasteiger charge is -2.26. The van der Waals surface area contributed by atoms with Crippen LogP contribution in [0, 0.1) is 6.92 Å². The Morgan fingerprint density at radius 3 is 2.47 bits per heavy atom. The molecule has 1 aliphatic rings. The molecule has 7 nitrogen and oxygen atoms in total. The molecule has 1 aromatic heterocycles. The molecule has 0 bridgehead atoms. The number of rotatable bonds is 5. The van der Waals surface area contributed by atoms with Crippen molar-refractivity contribution in [3.8, 4) is 11.3 Å². The fourth-order valence-electron chi connectivity index (χ4n) is 3.48. The molecule has 34 heavy (non-hydrogen) atoms. The van der Waals surface area contributed by atoms with Gasteiger partial charge >= 0.3 is 6.18 Å². The van der Waals surface area contributed by atoms with Crippen molar-refractivity contribution in [2.24, 2.45) is 0 Å². The van der Waals surface area contributed by atoms with Crippen molar-refractivity contribution in [3.05, 3.63) is 71.5 Å². The summed E-state index contributed by atoms with van der Waals surface area (Å²) in [6.45, 7) is 2.80. The van der Waals surface area contributed by atoms with Crippen LogP contribution in [-0.4, -0.2) is 44.9 Å². The highest BCUT2D eigenvalue weighted by Crippen LogP contribution is 2.33. The Hall–Kier alpha value is -3.15. The Labute approximate surface area is 194 Å². The van der Waals surface area contributed by atoms with Gasteiger partial charge in [-0.2, -0.15) is 17.5 Å². The molecule has 0 aliphatic carbocycles. The van der Waals surface area contributed by atoms with E-state index in [0.717, 1.165) is 12.1 Å². The third-order valence-corrected chi connectivity index (χ3v) is 7.26. The van der Waals surface area contributed by atoms with Crippen molar-refractivity contribution in [2.75, 3.05) is 31.6 Å². The Bertz CT molecular complexity index is 1310. The summed E-state index contributed by atoms with van der Waals surface area (Å²) in [4.78, 5) is 12.8. The van der Waals surface area contributed by atoms with E-state index in [-0.39, 0.29) is 40.8 Å². The summed E-state index contributed by atoms with van der Waals surface area (Å²) in [6.07, 6.45) is -4.51. The van der Waals surface area contributed by atoms with Crippen LogP contribution >= 0.6 is 0 Å². The van der Waals surface area contributed by atoms with Gasteiger partial charge in [-0.05, 0) is 48.9 Å². The van der Waals surface area contributed by atoms with Crippen LogP contribution in [-0.2, 0) is 20.9 Å². The maximum atomic E-state index is 13.0. The molecular weight excluding hydrogens is 473 g/mol. The summed E-state index contributed by atoms with van der Waals surface area (Å²) < 4.78 is 76.8. The molecular formula is C23H21F3N2O5S. The van der Waals surface area contributed by atoms with E-state index in [4.69, 9.17) is 9.15 Å². The second kappa shape index (κ2) is 9.24. The van der Waals surface area contributed by atoms with E-state index >= 15 is 0 Å². The third kappa shape index (κ3) is 5.01. The molecule has 1 N–H and O–H groups in total. The van der Waals surface area contributed by atoms with Gasteiger partial charge in [0, 0.05) is 24.3 Å². The molecule has 0 radical (unpaired) electrons. The van der Waals surface area contributed by atoms with Crippen molar-refractivity contribution in [1.82, 2.24) is 4.31 Å². The van der Waals surface area contributed by atoms with Crippen molar-refractivity contribution >= 4 is 21.6 Å². The number of carbonyl (C=O) groups excluding carboxylic acids is 1. The molecule has 1 amide bonds. The minimum Gasteiger partial charge on any atom is -0.451 e. The van der Waals surface area contributed by atoms with E-state index in [1.165, 1.54) is 40.7 Å². The number of benzene rings is 2. The summed E-state index contributed by atoms with van der Waals surface area (Å²) in [6, 6.07) is 11.7. The average Bonchev–Trinajstić information content (AvgIpc) is 3.31. The molecule has 1 aliphatic heterocycles. The van der Waals surface area contributed by atoms with E-state index in [9.17, 15) is 26.4 Å². The number of furan rings is 1. The zero-order valence-corrected chi connectivity index (χ0v) is 18.9. The minimum absolute atomic E-state index is 0.0272. The van der Waals surface area contributed by atoms with E-state index < -0.39 is 27.7 Å². The first kappa shape index (κ1) is 24.0. The number of anilines is 1. The number of carbonyl (C=O) groups is 1. The number of halogens is 3. The van der Waals surface area contributed by atoms with Crippen molar-refractivity contribution in [1.29, 1.82) is 0 Å². The van der Waals surface area contributed by atoms with E-state index in [0.29, 0.717) is 18.8 Å². The van der Waals surface area contributed by atoms with Gasteiger partial charge in [0.1, 0.15) is 5.76 Å². The Balaban J connectivity index is 1.55. The maximum absolute atomic E-state index is 13.0. The standard InChI is InChI=1S/C23H21F3N2O5S/c1-15-5-6-18(34(30,31)28-9-11-32-12-10-28)14-19(15)27-22(29)21-8-7-20(33-21)16-3-2-4-17(13-16)23(24,25)26/h2-8,13-14H,9-12H2,1H3,(H,27,29). The van der Waals surface area contributed by atoms with Crippen LogP contribution in [0.3, 0.4) is 0 Å². The van der Waals surface area contributed by atoms with Gasteiger partial charge in [0.15, 0.2) is 5.76 Å². The van der Waals surface area contributed by atoms with Gasteiger partial charge in [-0.15, -0.1) is 0 Å². The highest BCUT2D eigenvalue weighted by Gasteiger charge is 2.31. The largest absolute Gasteiger partial charge is 0.451 e. The molecule has 1 fully saturated rings. The molecule has 2 aromatic carbocycles. The van der Waals surface area contributed by atoms with E-state index in [2.05, 4.69) is 5.32 Å². The number of sulfonamides is 1. The Morgan fingerprint density at radius 1 is 1.03 bits per heavy atom. The molecule has 1 saturated heterocycles. The van der Waals surface area contributed by atoms with Gasteiger partial charge < -0.3 is 14.5 Å². The average molecular weight is 494 g/mol. The number of morpholine rings is 1. The van der Waals surface area contributed by atoms with Gasteiger partial charge in [0.2, 0.25) is 10.0 Å². The van der Waals surface area contributed by atoms with Crippen LogP contribution in [0.2, 0.25) is 0 Å². The van der Waals surface area contributed by atoms with Gasteiger partial charge in [-0.25, -0.2) is 8.42 Å². The number of nitrogens with one attached hydrogen (secondary N) is 1. The quantitative estimate of drug-likeness (QED) is 0.562. The second-order valence-electron chi connectivity index (χ2n) is 7.69. The number of aryl methyl sites for hydroxylation is 1. The number of alkyl halides is 3. The maximum Gasteiger partial charge on any atom is 0.416 e. The summed E-state index contributed by atoms with van der Waals surface area (Å²) in [5.74, 6) is -0.702. The zero-order chi connectivity index (χ0) is 24.5. The molecule has 3 aromatic rings. The molecule has 180 valence electrons. The third-order valence-electron chi connectivity index (χ3n) is 5.37. The lowest BCUT2D eigenvalue weighted by atomic mass is 10.1. The van der Waals surface area contributed by atoms with Crippen molar-refractivity contribution in [2.45, 2.75) is 18.0 Å². The number of ether oxygens (including phenoxy) is 1. The summed E-state index contributed by atoms with van der Waals surface area (Å²) >= 11 is 0. The van der Waals surface area contributed by atoms with Gasteiger partial charge in [-0.1, -0.05) is 18.2 Å². The molecule has 0 spiro atoms. The van der Waals surface area contributed by atoms with E-state index in [1.54, 1.807) is 13.0 Å². The molecule has 0 saturated carbocycles. The van der Waals surface area contributed by atoms with Crippen LogP contribution in [0.1, 0.15) is 21.7 Å². The molecule has 0 unspecified atom stereocenters. The summed E-state index contributed by atoms with van der Waals surface area (Å²) in [5.41, 5.74) is 0.236. The van der Waals surface area contributed by atoms with Crippen molar-refractivity contribution < 1.29 is 35.5 Å². The normalized spacial score (nSPS) is 15.3. The smallest absolute Gasteiger partial charge is 0.416 e. The fourth-order valence-corrected chi connectivity index (χ4v) is 4.91. The van der Waals surface area contributed by atoms with Crippen molar-refractivity contribution in [3.63, 3.8) is 0 Å². The van der Waals surface area contributed by atoms with Crippen LogP contribution in [0.4, 0.5) is 18.9 Å². The minimum atomic E-state index is -4.51. The number of hydrogen-bond acceptors (Lipinski definition) is 5. The van der Waals surface area contributed by atoms with Gasteiger partial charge in [0.25, 0.3) is 5.91 Å².